The van der Waals surface area contributed by atoms with E-state index in [1.807, 2.05) is 39.0 Å². The third-order valence-corrected chi connectivity index (χ3v) is 3.47. The van der Waals surface area contributed by atoms with Gasteiger partial charge >= 0.3 is 0 Å². The van der Waals surface area contributed by atoms with Crippen LogP contribution in [0.25, 0.3) is 0 Å². The summed E-state index contributed by atoms with van der Waals surface area (Å²) in [5, 5.41) is 8.16. The number of aryl methyl sites for hydroxylation is 3. The molecule has 0 spiro atoms. The van der Waals surface area contributed by atoms with E-state index in [1.165, 1.54) is 4.88 Å². The van der Waals surface area contributed by atoms with Crippen LogP contribution in [0.2, 0.25) is 0 Å². The Bertz CT molecular complexity index is 612. The Hall–Kier alpha value is -1.95. The van der Waals surface area contributed by atoms with Gasteiger partial charge < -0.3 is 0 Å². The Kier molecular flexibility index (Phi) is 4.11. The van der Waals surface area contributed by atoms with E-state index in [1.54, 1.807) is 22.2 Å². The van der Waals surface area contributed by atoms with Gasteiger partial charge in [0.15, 0.2) is 0 Å². The molecule has 0 saturated heterocycles. The zero-order valence-electron chi connectivity index (χ0n) is 11.2. The maximum atomic E-state index is 11.7. The lowest BCUT2D eigenvalue weighted by Crippen LogP contribution is -2.24. The van der Waals surface area contributed by atoms with Crippen LogP contribution in [-0.4, -0.2) is 21.9 Å². The highest BCUT2D eigenvalue weighted by molar-refractivity contribution is 7.13. The summed E-state index contributed by atoms with van der Waals surface area (Å²) in [5.41, 5.74) is 4.37. The van der Waals surface area contributed by atoms with Crippen molar-refractivity contribution >= 4 is 23.5 Å². The number of hydrogen-bond acceptors (Lipinski definition) is 4. The van der Waals surface area contributed by atoms with Crippen LogP contribution in [0.1, 0.15) is 21.1 Å². The highest BCUT2D eigenvalue weighted by Gasteiger charge is 2.05. The number of nitrogens with one attached hydrogen (secondary N) is 1. The first-order chi connectivity index (χ1) is 9.04. The van der Waals surface area contributed by atoms with Gasteiger partial charge in [0.1, 0.15) is 6.54 Å². The van der Waals surface area contributed by atoms with Crippen molar-refractivity contribution in [3.05, 3.63) is 39.3 Å². The van der Waals surface area contributed by atoms with Crippen LogP contribution in [0.15, 0.2) is 23.3 Å². The van der Waals surface area contributed by atoms with Gasteiger partial charge in [-0.3, -0.25) is 9.48 Å². The Morgan fingerprint density at radius 1 is 1.47 bits per heavy atom. The van der Waals surface area contributed by atoms with Gasteiger partial charge in [0, 0.05) is 15.4 Å². The monoisotopic (exact) mass is 276 g/mol. The predicted molar refractivity (Wildman–Crippen MR) is 76.5 cm³/mol. The van der Waals surface area contributed by atoms with E-state index in [9.17, 15) is 4.79 Å². The van der Waals surface area contributed by atoms with Crippen molar-refractivity contribution in [1.82, 2.24) is 15.2 Å². The smallest absolute Gasteiger partial charge is 0.261 e. The van der Waals surface area contributed by atoms with E-state index in [0.717, 1.165) is 16.3 Å². The molecule has 0 aliphatic rings. The molecule has 0 aliphatic heterocycles. The fraction of sp³-hybridized carbons (Fsp3) is 0.308. The summed E-state index contributed by atoms with van der Waals surface area (Å²) in [6, 6.07) is 5.92. The van der Waals surface area contributed by atoms with Gasteiger partial charge in [-0.15, -0.1) is 11.3 Å². The van der Waals surface area contributed by atoms with Gasteiger partial charge in [-0.25, -0.2) is 5.43 Å². The van der Waals surface area contributed by atoms with Crippen molar-refractivity contribution in [3.63, 3.8) is 0 Å². The third kappa shape index (κ3) is 3.75. The summed E-state index contributed by atoms with van der Waals surface area (Å²) >= 11 is 1.63. The zero-order chi connectivity index (χ0) is 13.8. The first kappa shape index (κ1) is 13.5. The first-order valence-electron chi connectivity index (χ1n) is 5.94. The quantitative estimate of drug-likeness (QED) is 0.686. The van der Waals surface area contributed by atoms with Crippen molar-refractivity contribution in [2.75, 3.05) is 0 Å². The Labute approximate surface area is 116 Å². The van der Waals surface area contributed by atoms with Crippen LogP contribution >= 0.6 is 11.3 Å². The number of aromatic nitrogens is 2. The molecule has 0 fully saturated rings. The second-order valence-electron chi connectivity index (χ2n) is 4.33. The molecule has 100 valence electrons. The molecule has 5 nitrogen and oxygen atoms in total. The molecule has 0 atom stereocenters. The number of hydrazone groups is 1. The fourth-order valence-corrected chi connectivity index (χ4v) is 2.45. The molecule has 0 bridgehead atoms. The number of rotatable bonds is 4. The van der Waals surface area contributed by atoms with Crippen molar-refractivity contribution < 1.29 is 4.79 Å². The second kappa shape index (κ2) is 5.79. The summed E-state index contributed by atoms with van der Waals surface area (Å²) in [6.45, 7) is 6.04. The summed E-state index contributed by atoms with van der Waals surface area (Å²) in [7, 11) is 0. The lowest BCUT2D eigenvalue weighted by atomic mass is 10.4. The maximum absolute atomic E-state index is 11.7. The van der Waals surface area contributed by atoms with Crippen molar-refractivity contribution in [2.24, 2.45) is 5.10 Å². The van der Waals surface area contributed by atoms with E-state index in [-0.39, 0.29) is 12.5 Å². The van der Waals surface area contributed by atoms with E-state index in [0.29, 0.717) is 0 Å². The molecule has 1 N–H and O–H groups in total. The molecule has 2 heterocycles. The Balaban J connectivity index is 1.88. The van der Waals surface area contributed by atoms with E-state index in [2.05, 4.69) is 15.6 Å². The van der Waals surface area contributed by atoms with E-state index in [4.69, 9.17) is 0 Å². The molecule has 2 aromatic rings. The lowest BCUT2D eigenvalue weighted by Gasteiger charge is -2.02. The Morgan fingerprint density at radius 3 is 2.84 bits per heavy atom. The summed E-state index contributed by atoms with van der Waals surface area (Å²) in [6.07, 6.45) is 1.65. The molecule has 19 heavy (non-hydrogen) atoms. The van der Waals surface area contributed by atoms with Gasteiger partial charge in [0.2, 0.25) is 0 Å². The molecular weight excluding hydrogens is 260 g/mol. The highest BCUT2D eigenvalue weighted by atomic mass is 32.1. The molecule has 2 rings (SSSR count). The van der Waals surface area contributed by atoms with Crippen LogP contribution in [0.3, 0.4) is 0 Å². The number of hydrogen-bond donors (Lipinski definition) is 1. The minimum Gasteiger partial charge on any atom is -0.271 e. The van der Waals surface area contributed by atoms with Gasteiger partial charge in [-0.1, -0.05) is 0 Å². The van der Waals surface area contributed by atoms with Crippen LogP contribution in [0, 0.1) is 20.8 Å². The molecule has 1 amide bonds. The molecule has 0 saturated carbocycles. The average Bonchev–Trinajstić information content (AvgIpc) is 2.86. The van der Waals surface area contributed by atoms with Crippen LogP contribution in [-0.2, 0) is 11.3 Å². The van der Waals surface area contributed by atoms with E-state index < -0.39 is 0 Å². The molecule has 2 aromatic heterocycles. The number of amides is 1. The van der Waals surface area contributed by atoms with Crippen molar-refractivity contribution in [2.45, 2.75) is 27.3 Å². The topological polar surface area (TPSA) is 59.3 Å². The second-order valence-corrected chi connectivity index (χ2v) is 5.65. The lowest BCUT2D eigenvalue weighted by molar-refractivity contribution is -0.121. The number of carbonyl (C=O) groups excluding carboxylic acids is 1. The summed E-state index contributed by atoms with van der Waals surface area (Å²) < 4.78 is 1.66. The maximum Gasteiger partial charge on any atom is 0.261 e. The zero-order valence-corrected chi connectivity index (χ0v) is 12.0. The van der Waals surface area contributed by atoms with Gasteiger partial charge in [0.05, 0.1) is 11.9 Å². The van der Waals surface area contributed by atoms with Gasteiger partial charge in [-0.2, -0.15) is 10.2 Å². The SMILES string of the molecule is Cc1cc(C)n(CC(=O)N/N=C/c2ccc(C)s2)n1. The Morgan fingerprint density at radius 2 is 2.26 bits per heavy atom. The van der Waals surface area contributed by atoms with Crippen molar-refractivity contribution in [1.29, 1.82) is 0 Å². The first-order valence-corrected chi connectivity index (χ1v) is 6.75. The van der Waals surface area contributed by atoms with Gasteiger partial charge in [0.25, 0.3) is 5.91 Å². The van der Waals surface area contributed by atoms with Gasteiger partial charge in [-0.05, 0) is 39.0 Å². The van der Waals surface area contributed by atoms with E-state index >= 15 is 0 Å². The van der Waals surface area contributed by atoms with Crippen LogP contribution in [0.4, 0.5) is 0 Å². The number of thiophene rings is 1. The molecular formula is C13H16N4OS. The van der Waals surface area contributed by atoms with Crippen LogP contribution in [0.5, 0.6) is 0 Å². The molecule has 0 radical (unpaired) electrons. The highest BCUT2D eigenvalue weighted by Crippen LogP contribution is 2.12. The summed E-state index contributed by atoms with van der Waals surface area (Å²) in [5.74, 6) is -0.185. The average molecular weight is 276 g/mol. The molecule has 0 aliphatic carbocycles. The predicted octanol–water partition coefficient (Wildman–Crippen LogP) is 2.02. The van der Waals surface area contributed by atoms with Crippen molar-refractivity contribution in [3.8, 4) is 0 Å². The number of nitrogens with zero attached hydrogens (tertiary/aromatic N) is 3. The minimum absolute atomic E-state index is 0.181. The largest absolute Gasteiger partial charge is 0.271 e. The normalized spacial score (nSPS) is 11.1. The van der Waals surface area contributed by atoms with Crippen LogP contribution < -0.4 is 5.43 Å². The standard InChI is InChI=1S/C13H16N4OS/c1-9-6-10(2)17(16-9)8-13(18)15-14-7-12-5-4-11(3)19-12/h4-7H,8H2,1-3H3,(H,15,18)/b14-7+. The molecule has 0 unspecified atom stereocenters. The number of carbonyl (C=O) groups is 1. The molecule has 0 aromatic carbocycles. The molecule has 6 heteroatoms. The fourth-order valence-electron chi connectivity index (χ4n) is 1.70. The minimum atomic E-state index is -0.185. The summed E-state index contributed by atoms with van der Waals surface area (Å²) in [4.78, 5) is 13.9. The third-order valence-electron chi connectivity index (χ3n) is 2.54.